The number of anilines is 1. The smallest absolute Gasteiger partial charge is 0.298 e. The predicted octanol–water partition coefficient (Wildman–Crippen LogP) is 1.04. The Kier molecular flexibility index (Phi) is 2.31. The van der Waals surface area contributed by atoms with Gasteiger partial charge in [-0.05, 0) is 12.1 Å². The fourth-order valence-electron chi connectivity index (χ4n) is 2.59. The summed E-state index contributed by atoms with van der Waals surface area (Å²) in [6.07, 6.45) is 2.12. The van der Waals surface area contributed by atoms with Crippen molar-refractivity contribution < 1.29 is 9.52 Å². The van der Waals surface area contributed by atoms with E-state index < -0.39 is 5.60 Å². The van der Waals surface area contributed by atoms with Crippen LogP contribution in [0, 0.1) is 0 Å². The molecule has 1 aromatic carbocycles. The number of benzene rings is 1. The number of fused-ring (bicyclic) bond motifs is 1. The summed E-state index contributed by atoms with van der Waals surface area (Å²) in [4.78, 5) is 6.37. The first-order valence-corrected chi connectivity index (χ1v) is 6.44. The molecular weight excluding hydrogens is 258 g/mol. The molecule has 0 aliphatic carbocycles. The second-order valence-electron chi connectivity index (χ2n) is 5.02. The first-order chi connectivity index (χ1) is 9.74. The van der Waals surface area contributed by atoms with Crippen molar-refractivity contribution in [1.82, 2.24) is 20.4 Å². The normalized spacial score (nSPS) is 22.8. The van der Waals surface area contributed by atoms with Crippen molar-refractivity contribution in [2.24, 2.45) is 0 Å². The van der Waals surface area contributed by atoms with Gasteiger partial charge in [0.1, 0.15) is 16.8 Å². The standard InChI is InChI=1S/C13H13N5O2/c19-13(11-7-14-17-16-11)5-6-18(8-13)12-15-9-3-1-2-4-10(9)20-12/h1-4,7,19H,5-6,8H2,(H,14,16,17)/t13-/m0/s1. The van der Waals surface area contributed by atoms with Gasteiger partial charge in [0.15, 0.2) is 5.58 Å². The van der Waals surface area contributed by atoms with Crippen LogP contribution in [0.2, 0.25) is 0 Å². The molecule has 0 amide bonds. The zero-order chi connectivity index (χ0) is 13.6. The number of hydrogen-bond donors (Lipinski definition) is 2. The molecule has 1 aliphatic rings. The first kappa shape index (κ1) is 11.4. The lowest BCUT2D eigenvalue weighted by atomic mass is 10.0. The van der Waals surface area contributed by atoms with Gasteiger partial charge < -0.3 is 14.4 Å². The van der Waals surface area contributed by atoms with Gasteiger partial charge in [-0.1, -0.05) is 12.1 Å². The molecule has 3 heterocycles. The van der Waals surface area contributed by atoms with Crippen molar-refractivity contribution in [3.8, 4) is 0 Å². The number of nitrogens with one attached hydrogen (secondary N) is 1. The van der Waals surface area contributed by atoms with Crippen LogP contribution in [0.5, 0.6) is 0 Å². The van der Waals surface area contributed by atoms with E-state index in [-0.39, 0.29) is 0 Å². The van der Waals surface area contributed by atoms with Gasteiger partial charge in [0, 0.05) is 13.0 Å². The molecule has 1 saturated heterocycles. The molecule has 1 aliphatic heterocycles. The fraction of sp³-hybridized carbons (Fsp3) is 0.308. The molecule has 3 aromatic rings. The monoisotopic (exact) mass is 271 g/mol. The number of hydrogen-bond acceptors (Lipinski definition) is 6. The van der Waals surface area contributed by atoms with E-state index in [9.17, 15) is 5.11 Å². The third-order valence-electron chi connectivity index (χ3n) is 3.69. The lowest BCUT2D eigenvalue weighted by molar-refractivity contribution is 0.0557. The highest BCUT2D eigenvalue weighted by Crippen LogP contribution is 2.33. The third-order valence-corrected chi connectivity index (χ3v) is 3.69. The molecule has 0 spiro atoms. The first-order valence-electron chi connectivity index (χ1n) is 6.44. The number of H-pyrrole nitrogens is 1. The lowest BCUT2D eigenvalue weighted by Crippen LogP contribution is -2.31. The Morgan fingerprint density at radius 2 is 2.25 bits per heavy atom. The molecule has 2 aromatic heterocycles. The molecule has 0 bridgehead atoms. The van der Waals surface area contributed by atoms with Gasteiger partial charge in [-0.3, -0.25) is 0 Å². The maximum atomic E-state index is 10.6. The molecule has 2 N–H and O–H groups in total. The van der Waals surface area contributed by atoms with Crippen LogP contribution in [-0.2, 0) is 5.60 Å². The molecule has 102 valence electrons. The Balaban J connectivity index is 1.65. The minimum atomic E-state index is -1.01. The average Bonchev–Trinajstić information content (AvgIpc) is 3.18. The number of aliphatic hydroxyl groups is 1. The SMILES string of the molecule is O[C@@]1(c2cn[nH]n2)CCN(c2nc3ccccc3o2)C1. The van der Waals surface area contributed by atoms with Crippen molar-refractivity contribution in [2.45, 2.75) is 12.0 Å². The van der Waals surface area contributed by atoms with Crippen LogP contribution in [-0.4, -0.2) is 38.6 Å². The molecule has 1 fully saturated rings. The Morgan fingerprint density at radius 1 is 1.35 bits per heavy atom. The lowest BCUT2D eigenvalue weighted by Gasteiger charge is -2.19. The van der Waals surface area contributed by atoms with Crippen LogP contribution in [0.15, 0.2) is 34.9 Å². The number of rotatable bonds is 2. The quantitative estimate of drug-likeness (QED) is 0.723. The van der Waals surface area contributed by atoms with Crippen LogP contribution >= 0.6 is 0 Å². The summed E-state index contributed by atoms with van der Waals surface area (Å²) in [5.74, 6) is 0. The maximum Gasteiger partial charge on any atom is 0.298 e. The number of nitrogens with zero attached hydrogens (tertiary/aromatic N) is 4. The van der Waals surface area contributed by atoms with E-state index in [1.807, 2.05) is 29.2 Å². The van der Waals surface area contributed by atoms with Crippen LogP contribution in [0.25, 0.3) is 11.1 Å². The highest BCUT2D eigenvalue weighted by Gasteiger charge is 2.41. The summed E-state index contributed by atoms with van der Waals surface area (Å²) in [5, 5.41) is 20.9. The Labute approximate surface area is 114 Å². The summed E-state index contributed by atoms with van der Waals surface area (Å²) < 4.78 is 5.72. The van der Waals surface area contributed by atoms with Crippen molar-refractivity contribution >= 4 is 17.1 Å². The number of β-amino-alcohol motifs (C(OH)–C–C–N with tert-alkyl or cyclic N) is 1. The van der Waals surface area contributed by atoms with Crippen LogP contribution in [0.1, 0.15) is 12.1 Å². The zero-order valence-electron chi connectivity index (χ0n) is 10.7. The highest BCUT2D eigenvalue weighted by molar-refractivity contribution is 5.74. The van der Waals surface area contributed by atoms with E-state index in [1.54, 1.807) is 6.20 Å². The molecule has 20 heavy (non-hydrogen) atoms. The van der Waals surface area contributed by atoms with E-state index in [0.717, 1.165) is 11.1 Å². The third kappa shape index (κ3) is 1.67. The number of aromatic amines is 1. The van der Waals surface area contributed by atoms with Crippen molar-refractivity contribution in [3.05, 3.63) is 36.2 Å². The van der Waals surface area contributed by atoms with Gasteiger partial charge in [0.05, 0.1) is 12.7 Å². The number of aromatic nitrogens is 4. The van der Waals surface area contributed by atoms with Crippen molar-refractivity contribution in [2.75, 3.05) is 18.0 Å². The molecule has 4 rings (SSSR count). The fourth-order valence-corrected chi connectivity index (χ4v) is 2.59. The van der Waals surface area contributed by atoms with E-state index in [0.29, 0.717) is 31.2 Å². The van der Waals surface area contributed by atoms with Gasteiger partial charge in [-0.2, -0.15) is 20.4 Å². The van der Waals surface area contributed by atoms with Crippen molar-refractivity contribution in [1.29, 1.82) is 0 Å². The highest BCUT2D eigenvalue weighted by atomic mass is 16.4. The van der Waals surface area contributed by atoms with Gasteiger partial charge in [-0.25, -0.2) is 0 Å². The van der Waals surface area contributed by atoms with Gasteiger partial charge in [0.2, 0.25) is 0 Å². The van der Waals surface area contributed by atoms with Crippen LogP contribution < -0.4 is 4.90 Å². The molecule has 0 radical (unpaired) electrons. The Morgan fingerprint density at radius 3 is 3.05 bits per heavy atom. The maximum absolute atomic E-state index is 10.6. The minimum Gasteiger partial charge on any atom is -0.423 e. The largest absolute Gasteiger partial charge is 0.423 e. The summed E-state index contributed by atoms with van der Waals surface area (Å²) in [7, 11) is 0. The molecular formula is C13H13N5O2. The zero-order valence-corrected chi connectivity index (χ0v) is 10.7. The molecule has 7 heteroatoms. The second-order valence-corrected chi connectivity index (χ2v) is 5.02. The summed E-state index contributed by atoms with van der Waals surface area (Å²) in [6, 6.07) is 8.15. The minimum absolute atomic E-state index is 0.395. The summed E-state index contributed by atoms with van der Waals surface area (Å²) in [6.45, 7) is 1.06. The number of para-hydroxylation sites is 2. The Bertz CT molecular complexity index is 705. The van der Waals surface area contributed by atoms with E-state index in [1.165, 1.54) is 0 Å². The van der Waals surface area contributed by atoms with Gasteiger partial charge >= 0.3 is 0 Å². The van der Waals surface area contributed by atoms with Gasteiger partial charge in [0.25, 0.3) is 6.01 Å². The number of oxazole rings is 1. The van der Waals surface area contributed by atoms with E-state index in [4.69, 9.17) is 4.42 Å². The average molecular weight is 271 g/mol. The van der Waals surface area contributed by atoms with Gasteiger partial charge in [-0.15, -0.1) is 0 Å². The summed E-state index contributed by atoms with van der Waals surface area (Å²) >= 11 is 0. The molecule has 1 atom stereocenters. The van der Waals surface area contributed by atoms with E-state index >= 15 is 0 Å². The molecule has 0 saturated carbocycles. The predicted molar refractivity (Wildman–Crippen MR) is 71.1 cm³/mol. The van der Waals surface area contributed by atoms with Crippen LogP contribution in [0.3, 0.4) is 0 Å². The van der Waals surface area contributed by atoms with Crippen LogP contribution in [0.4, 0.5) is 6.01 Å². The Hall–Kier alpha value is -2.41. The molecule has 7 nitrogen and oxygen atoms in total. The van der Waals surface area contributed by atoms with E-state index in [2.05, 4.69) is 20.4 Å². The molecule has 0 unspecified atom stereocenters. The second kappa shape index (κ2) is 4.04. The van der Waals surface area contributed by atoms with Crippen molar-refractivity contribution in [3.63, 3.8) is 0 Å². The summed E-state index contributed by atoms with van der Waals surface area (Å²) in [5.41, 5.74) is 1.11. The topological polar surface area (TPSA) is 91.1 Å².